The number of nitrogens with zero attached hydrogens (tertiary/aromatic N) is 2. The molecule has 0 bridgehead atoms. The van der Waals surface area contributed by atoms with E-state index in [4.69, 9.17) is 0 Å². The predicted molar refractivity (Wildman–Crippen MR) is 165 cm³/mol. The summed E-state index contributed by atoms with van der Waals surface area (Å²) in [6.07, 6.45) is 36.4. The summed E-state index contributed by atoms with van der Waals surface area (Å²) in [5.74, 6) is 0. The molecule has 0 N–H and O–H groups in total. The van der Waals surface area contributed by atoms with Crippen LogP contribution in [0.1, 0.15) is 161 Å². The molecule has 0 spiro atoms. The number of rotatable bonds is 25. The van der Waals surface area contributed by atoms with Crippen molar-refractivity contribution < 1.29 is 0 Å². The molecule has 1 heterocycles. The Labute approximate surface area is 232 Å². The van der Waals surface area contributed by atoms with Crippen LogP contribution in [0.3, 0.4) is 0 Å². The quantitative estimate of drug-likeness (QED) is 0.121. The van der Waals surface area contributed by atoms with Crippen molar-refractivity contribution in [3.05, 3.63) is 48.3 Å². The Balaban J connectivity index is 1.62. The van der Waals surface area contributed by atoms with E-state index in [0.29, 0.717) is 6.17 Å². The predicted octanol–water partition coefficient (Wildman–Crippen LogP) is 11.2. The number of hydrogen-bond donors (Lipinski definition) is 0. The van der Waals surface area contributed by atoms with Gasteiger partial charge in [-0.05, 0) is 24.8 Å². The van der Waals surface area contributed by atoms with Gasteiger partial charge in [-0.1, -0.05) is 166 Å². The van der Waals surface area contributed by atoms with E-state index in [1.165, 1.54) is 153 Å². The second kappa shape index (κ2) is 22.5. The van der Waals surface area contributed by atoms with Crippen LogP contribution in [0.5, 0.6) is 0 Å². The molecule has 1 unspecified atom stereocenters. The Morgan fingerprint density at radius 2 is 0.919 bits per heavy atom. The third-order valence-corrected chi connectivity index (χ3v) is 8.26. The molecular formula is C35H62N2. The Bertz CT molecular complexity index is 640. The molecule has 0 aliphatic carbocycles. The lowest BCUT2D eigenvalue weighted by Gasteiger charge is -2.33. The molecule has 1 atom stereocenters. The van der Waals surface area contributed by atoms with Crippen molar-refractivity contribution in [1.29, 1.82) is 0 Å². The van der Waals surface area contributed by atoms with Crippen molar-refractivity contribution in [2.75, 3.05) is 6.54 Å². The molecule has 1 aliphatic heterocycles. The highest BCUT2D eigenvalue weighted by Gasteiger charge is 2.25. The summed E-state index contributed by atoms with van der Waals surface area (Å²) in [6.45, 7) is 6.87. The van der Waals surface area contributed by atoms with Crippen LogP contribution in [0.15, 0.2) is 42.7 Å². The first kappa shape index (κ1) is 31.8. The summed E-state index contributed by atoms with van der Waals surface area (Å²) in [7, 11) is 0. The standard InChI is InChI=1S/C35H62N2/c1-3-5-7-9-11-13-15-16-18-20-25-29-35-36(30-26-21-19-17-14-12-10-8-6-4-2)31-32-37(35)33-34-27-23-22-24-28-34/h22-24,27-28,31-32,35H,3-21,25-26,29-30,33H2,1-2H3. The lowest BCUT2D eigenvalue weighted by atomic mass is 10.0. The molecule has 1 aromatic carbocycles. The molecular weight excluding hydrogens is 448 g/mol. The molecule has 0 amide bonds. The van der Waals surface area contributed by atoms with Crippen molar-refractivity contribution in [3.63, 3.8) is 0 Å². The zero-order valence-electron chi connectivity index (χ0n) is 25.0. The minimum Gasteiger partial charge on any atom is -0.356 e. The van der Waals surface area contributed by atoms with Crippen molar-refractivity contribution in [2.24, 2.45) is 0 Å². The van der Waals surface area contributed by atoms with Crippen LogP contribution in [-0.2, 0) is 6.54 Å². The van der Waals surface area contributed by atoms with E-state index in [2.05, 4.69) is 66.4 Å². The topological polar surface area (TPSA) is 6.48 Å². The van der Waals surface area contributed by atoms with Gasteiger partial charge in [0, 0.05) is 25.5 Å². The van der Waals surface area contributed by atoms with E-state index in [-0.39, 0.29) is 0 Å². The lowest BCUT2D eigenvalue weighted by Crippen LogP contribution is -2.38. The molecule has 212 valence electrons. The Hall–Kier alpha value is -1.44. The summed E-state index contributed by atoms with van der Waals surface area (Å²) in [6, 6.07) is 11.0. The maximum Gasteiger partial charge on any atom is 0.101 e. The van der Waals surface area contributed by atoms with Crippen LogP contribution >= 0.6 is 0 Å². The zero-order chi connectivity index (χ0) is 26.2. The summed E-state index contributed by atoms with van der Waals surface area (Å²) in [4.78, 5) is 5.26. The van der Waals surface area contributed by atoms with Crippen LogP contribution in [0.2, 0.25) is 0 Å². The molecule has 0 saturated heterocycles. The third kappa shape index (κ3) is 15.5. The second-order valence-corrected chi connectivity index (χ2v) is 11.7. The number of benzene rings is 1. The van der Waals surface area contributed by atoms with Crippen molar-refractivity contribution >= 4 is 0 Å². The average Bonchev–Trinajstić information content (AvgIpc) is 3.29. The molecule has 0 saturated carbocycles. The van der Waals surface area contributed by atoms with Crippen molar-refractivity contribution in [2.45, 2.75) is 168 Å². The normalized spacial score (nSPS) is 15.2. The summed E-state index contributed by atoms with van der Waals surface area (Å²) in [5.41, 5.74) is 1.43. The molecule has 2 nitrogen and oxygen atoms in total. The van der Waals surface area contributed by atoms with Gasteiger partial charge in [0.15, 0.2) is 0 Å². The number of hydrogen-bond acceptors (Lipinski definition) is 2. The first-order valence-corrected chi connectivity index (χ1v) is 16.6. The van der Waals surface area contributed by atoms with Gasteiger partial charge in [0.2, 0.25) is 0 Å². The van der Waals surface area contributed by atoms with E-state index in [0.717, 1.165) is 6.54 Å². The molecule has 0 aromatic heterocycles. The maximum atomic E-state index is 2.66. The van der Waals surface area contributed by atoms with Gasteiger partial charge in [-0.3, -0.25) is 0 Å². The lowest BCUT2D eigenvalue weighted by molar-refractivity contribution is 0.132. The fourth-order valence-electron chi connectivity index (χ4n) is 5.84. The average molecular weight is 511 g/mol. The van der Waals surface area contributed by atoms with Crippen LogP contribution in [-0.4, -0.2) is 22.5 Å². The van der Waals surface area contributed by atoms with Gasteiger partial charge in [-0.25, -0.2) is 0 Å². The van der Waals surface area contributed by atoms with E-state index in [1.54, 1.807) is 0 Å². The van der Waals surface area contributed by atoms with Gasteiger partial charge in [0.05, 0.1) is 0 Å². The monoisotopic (exact) mass is 510 g/mol. The van der Waals surface area contributed by atoms with Gasteiger partial charge in [-0.15, -0.1) is 0 Å². The highest BCUT2D eigenvalue weighted by atomic mass is 15.4. The fraction of sp³-hybridized carbons (Fsp3) is 0.771. The number of unbranched alkanes of at least 4 members (excludes halogenated alkanes) is 19. The van der Waals surface area contributed by atoms with E-state index >= 15 is 0 Å². The first-order valence-electron chi connectivity index (χ1n) is 16.6. The van der Waals surface area contributed by atoms with Gasteiger partial charge >= 0.3 is 0 Å². The zero-order valence-corrected chi connectivity index (χ0v) is 25.0. The van der Waals surface area contributed by atoms with Crippen LogP contribution in [0, 0.1) is 0 Å². The van der Waals surface area contributed by atoms with Crippen LogP contribution in [0.4, 0.5) is 0 Å². The molecule has 1 aromatic rings. The maximum absolute atomic E-state index is 2.66. The Kier molecular flexibility index (Phi) is 19.4. The van der Waals surface area contributed by atoms with Crippen molar-refractivity contribution in [1.82, 2.24) is 9.80 Å². The van der Waals surface area contributed by atoms with Gasteiger partial charge < -0.3 is 9.80 Å². The van der Waals surface area contributed by atoms with E-state index in [1.807, 2.05) is 0 Å². The molecule has 2 heteroatoms. The highest BCUT2D eigenvalue weighted by molar-refractivity contribution is 5.16. The van der Waals surface area contributed by atoms with Gasteiger partial charge in [0.25, 0.3) is 0 Å². The van der Waals surface area contributed by atoms with Crippen LogP contribution < -0.4 is 0 Å². The molecule has 0 fully saturated rings. The van der Waals surface area contributed by atoms with Crippen molar-refractivity contribution in [3.8, 4) is 0 Å². The molecule has 37 heavy (non-hydrogen) atoms. The minimum absolute atomic E-state index is 0.553. The minimum atomic E-state index is 0.553. The molecule has 0 radical (unpaired) electrons. The van der Waals surface area contributed by atoms with Gasteiger partial charge in [-0.2, -0.15) is 0 Å². The van der Waals surface area contributed by atoms with Gasteiger partial charge in [0.1, 0.15) is 6.17 Å². The Morgan fingerprint density at radius 3 is 1.43 bits per heavy atom. The largest absolute Gasteiger partial charge is 0.356 e. The summed E-state index contributed by atoms with van der Waals surface area (Å²) >= 11 is 0. The smallest absolute Gasteiger partial charge is 0.101 e. The second-order valence-electron chi connectivity index (χ2n) is 11.7. The third-order valence-electron chi connectivity index (χ3n) is 8.26. The fourth-order valence-corrected chi connectivity index (χ4v) is 5.84. The van der Waals surface area contributed by atoms with E-state index in [9.17, 15) is 0 Å². The molecule has 2 rings (SSSR count). The summed E-state index contributed by atoms with van der Waals surface area (Å²) < 4.78 is 0. The van der Waals surface area contributed by atoms with Crippen LogP contribution in [0.25, 0.3) is 0 Å². The SMILES string of the molecule is CCCCCCCCCCCCCC1N(CCCCCCCCCCCC)C=CN1Cc1ccccc1. The molecule has 1 aliphatic rings. The first-order chi connectivity index (χ1) is 18.3. The van der Waals surface area contributed by atoms with E-state index < -0.39 is 0 Å². The highest BCUT2D eigenvalue weighted by Crippen LogP contribution is 2.25. The summed E-state index contributed by atoms with van der Waals surface area (Å²) in [5, 5.41) is 0. The Morgan fingerprint density at radius 1 is 0.486 bits per heavy atom.